The third-order valence-corrected chi connectivity index (χ3v) is 1.72. The summed E-state index contributed by atoms with van der Waals surface area (Å²) in [5, 5.41) is 8.57. The third kappa shape index (κ3) is 5.80. The van der Waals surface area contributed by atoms with Crippen molar-refractivity contribution >= 4 is 11.9 Å². The summed E-state index contributed by atoms with van der Waals surface area (Å²) in [6.45, 7) is 5.43. The molecule has 0 bridgehead atoms. The number of esters is 1. The van der Waals surface area contributed by atoms with E-state index in [1.165, 1.54) is 6.92 Å². The van der Waals surface area contributed by atoms with Crippen molar-refractivity contribution in [3.63, 3.8) is 0 Å². The van der Waals surface area contributed by atoms with Gasteiger partial charge in [0.05, 0.1) is 12.2 Å². The number of hydrogen-bond donors (Lipinski definition) is 1. The maximum Gasteiger partial charge on any atom is 0.335 e. The normalized spacial score (nSPS) is 8.69. The number of carboxylic acid groups (broad SMARTS) is 1. The number of ether oxygens (including phenoxy) is 1. The zero-order valence-corrected chi connectivity index (χ0v) is 9.69. The van der Waals surface area contributed by atoms with E-state index in [4.69, 9.17) is 5.11 Å². The molecule has 0 saturated heterocycles. The zero-order chi connectivity index (χ0) is 12.6. The molecule has 4 heteroatoms. The van der Waals surface area contributed by atoms with E-state index in [9.17, 15) is 9.59 Å². The van der Waals surface area contributed by atoms with Gasteiger partial charge in [-0.25, -0.2) is 4.79 Å². The molecule has 0 radical (unpaired) electrons. The predicted molar refractivity (Wildman–Crippen MR) is 60.4 cm³/mol. The van der Waals surface area contributed by atoms with Crippen LogP contribution in [0.3, 0.4) is 0 Å². The van der Waals surface area contributed by atoms with Crippen LogP contribution in [0.25, 0.3) is 0 Å². The molecule has 0 saturated carbocycles. The molecule has 88 valence electrons. The summed E-state index contributed by atoms with van der Waals surface area (Å²) in [6.07, 6.45) is 0. The van der Waals surface area contributed by atoms with E-state index in [2.05, 4.69) is 4.74 Å². The number of aryl methyl sites for hydroxylation is 1. The number of benzene rings is 1. The number of rotatable bonds is 2. The number of carbonyl (C=O) groups excluding carboxylic acids is 1. The molecule has 0 aliphatic heterocycles. The van der Waals surface area contributed by atoms with Crippen LogP contribution in [0.4, 0.5) is 0 Å². The van der Waals surface area contributed by atoms with Crippen LogP contribution < -0.4 is 0 Å². The minimum atomic E-state index is -0.863. The van der Waals surface area contributed by atoms with Crippen molar-refractivity contribution in [1.82, 2.24) is 0 Å². The Hall–Kier alpha value is -1.84. The largest absolute Gasteiger partial charge is 0.478 e. The van der Waals surface area contributed by atoms with Crippen LogP contribution in [-0.4, -0.2) is 23.7 Å². The van der Waals surface area contributed by atoms with Gasteiger partial charge in [-0.3, -0.25) is 4.79 Å². The van der Waals surface area contributed by atoms with Crippen molar-refractivity contribution in [2.75, 3.05) is 6.61 Å². The van der Waals surface area contributed by atoms with Gasteiger partial charge in [-0.2, -0.15) is 0 Å². The maximum absolute atomic E-state index is 10.4. The molecule has 1 aromatic carbocycles. The minimum absolute atomic E-state index is 0.211. The van der Waals surface area contributed by atoms with Crippen molar-refractivity contribution < 1.29 is 19.4 Å². The van der Waals surface area contributed by atoms with Gasteiger partial charge in [0.1, 0.15) is 0 Å². The van der Waals surface area contributed by atoms with E-state index in [0.29, 0.717) is 12.2 Å². The van der Waals surface area contributed by atoms with Crippen LogP contribution in [0.2, 0.25) is 0 Å². The fourth-order valence-electron chi connectivity index (χ4n) is 1.02. The van der Waals surface area contributed by atoms with Crippen molar-refractivity contribution in [1.29, 1.82) is 0 Å². The van der Waals surface area contributed by atoms with Gasteiger partial charge in [0.25, 0.3) is 0 Å². The average Bonchev–Trinajstić information content (AvgIpc) is 2.18. The topological polar surface area (TPSA) is 63.6 Å². The van der Waals surface area contributed by atoms with Crippen LogP contribution in [0.5, 0.6) is 0 Å². The molecule has 16 heavy (non-hydrogen) atoms. The summed E-state index contributed by atoms with van der Waals surface area (Å²) >= 11 is 0. The fourth-order valence-corrected chi connectivity index (χ4v) is 1.02. The summed E-state index contributed by atoms with van der Waals surface area (Å²) in [5.74, 6) is -1.07. The highest BCUT2D eigenvalue weighted by atomic mass is 16.5. The van der Waals surface area contributed by atoms with Gasteiger partial charge < -0.3 is 9.84 Å². The Morgan fingerprint density at radius 3 is 2.12 bits per heavy atom. The smallest absolute Gasteiger partial charge is 0.335 e. The Morgan fingerprint density at radius 2 is 1.88 bits per heavy atom. The van der Waals surface area contributed by atoms with E-state index >= 15 is 0 Å². The van der Waals surface area contributed by atoms with Crippen LogP contribution in [0.1, 0.15) is 29.8 Å². The second-order valence-electron chi connectivity index (χ2n) is 3.04. The van der Waals surface area contributed by atoms with Gasteiger partial charge >= 0.3 is 11.9 Å². The highest BCUT2D eigenvalue weighted by Crippen LogP contribution is 2.05. The highest BCUT2D eigenvalue weighted by molar-refractivity contribution is 5.89. The summed E-state index contributed by atoms with van der Waals surface area (Å²) in [5.41, 5.74) is 1.18. The summed E-state index contributed by atoms with van der Waals surface area (Å²) in [7, 11) is 0. The van der Waals surface area contributed by atoms with Gasteiger partial charge in [-0.15, -0.1) is 0 Å². The van der Waals surface area contributed by atoms with Gasteiger partial charge in [-0.1, -0.05) is 18.2 Å². The molecule has 1 aromatic rings. The molecule has 0 spiro atoms. The second-order valence-corrected chi connectivity index (χ2v) is 3.04. The number of carbonyl (C=O) groups is 2. The van der Waals surface area contributed by atoms with Crippen LogP contribution in [0.15, 0.2) is 24.3 Å². The highest BCUT2D eigenvalue weighted by Gasteiger charge is 2.02. The fraction of sp³-hybridized carbons (Fsp3) is 0.333. The molecule has 0 amide bonds. The SMILES string of the molecule is CCOC(C)=O.Cc1ccccc1C(=O)O. The molecule has 4 nitrogen and oxygen atoms in total. The third-order valence-electron chi connectivity index (χ3n) is 1.72. The number of hydrogen-bond acceptors (Lipinski definition) is 3. The van der Waals surface area contributed by atoms with Gasteiger partial charge in [0.2, 0.25) is 0 Å². The summed E-state index contributed by atoms with van der Waals surface area (Å²) in [6, 6.07) is 6.92. The first kappa shape index (κ1) is 14.2. The van der Waals surface area contributed by atoms with E-state index in [-0.39, 0.29) is 5.97 Å². The van der Waals surface area contributed by atoms with E-state index < -0.39 is 5.97 Å². The van der Waals surface area contributed by atoms with Gasteiger partial charge in [-0.05, 0) is 25.5 Å². The lowest BCUT2D eigenvalue weighted by Crippen LogP contribution is -1.97. The molecular weight excluding hydrogens is 208 g/mol. The zero-order valence-electron chi connectivity index (χ0n) is 9.69. The van der Waals surface area contributed by atoms with E-state index in [0.717, 1.165) is 5.56 Å². The maximum atomic E-state index is 10.4. The standard InChI is InChI=1S/C8H8O2.C4H8O2/c1-6-4-2-3-5-7(6)8(9)10;1-3-6-4(2)5/h2-5H,1H3,(H,9,10);3H2,1-2H3. The Bertz CT molecular complexity index is 358. The molecule has 0 atom stereocenters. The molecule has 0 aliphatic carbocycles. The molecule has 1 N–H and O–H groups in total. The van der Waals surface area contributed by atoms with Crippen LogP contribution >= 0.6 is 0 Å². The Balaban J connectivity index is 0.000000325. The van der Waals surface area contributed by atoms with Crippen molar-refractivity contribution in [3.8, 4) is 0 Å². The molecule has 1 rings (SSSR count). The Labute approximate surface area is 94.9 Å². The molecule has 0 aromatic heterocycles. The quantitative estimate of drug-likeness (QED) is 0.782. The minimum Gasteiger partial charge on any atom is -0.478 e. The first-order chi connectivity index (χ1) is 7.49. The Morgan fingerprint density at radius 1 is 1.31 bits per heavy atom. The first-order valence-electron chi connectivity index (χ1n) is 4.91. The number of carboxylic acids is 1. The van der Waals surface area contributed by atoms with Crippen molar-refractivity contribution in [3.05, 3.63) is 35.4 Å². The Kier molecular flexibility index (Phi) is 6.59. The lowest BCUT2D eigenvalue weighted by molar-refractivity contribution is -0.140. The first-order valence-corrected chi connectivity index (χ1v) is 4.91. The van der Waals surface area contributed by atoms with Crippen molar-refractivity contribution in [2.45, 2.75) is 20.8 Å². The molecule has 0 fully saturated rings. The summed E-state index contributed by atoms with van der Waals surface area (Å²) in [4.78, 5) is 20.2. The monoisotopic (exact) mass is 224 g/mol. The summed E-state index contributed by atoms with van der Waals surface area (Å²) < 4.78 is 4.40. The van der Waals surface area contributed by atoms with Crippen molar-refractivity contribution in [2.24, 2.45) is 0 Å². The molecule has 0 aliphatic rings. The van der Waals surface area contributed by atoms with Gasteiger partial charge in [0.15, 0.2) is 0 Å². The van der Waals surface area contributed by atoms with Crippen LogP contribution in [0, 0.1) is 6.92 Å². The second kappa shape index (κ2) is 7.45. The number of aromatic carboxylic acids is 1. The lowest BCUT2D eigenvalue weighted by Gasteiger charge is -1.96. The predicted octanol–water partition coefficient (Wildman–Crippen LogP) is 2.26. The van der Waals surface area contributed by atoms with E-state index in [1.807, 2.05) is 6.07 Å². The molecule has 0 heterocycles. The average molecular weight is 224 g/mol. The van der Waals surface area contributed by atoms with Crippen LogP contribution in [-0.2, 0) is 9.53 Å². The lowest BCUT2D eigenvalue weighted by atomic mass is 10.1. The molecular formula is C12H16O4. The molecule has 0 unspecified atom stereocenters. The van der Waals surface area contributed by atoms with E-state index in [1.54, 1.807) is 32.0 Å². The van der Waals surface area contributed by atoms with Gasteiger partial charge in [0, 0.05) is 6.92 Å².